The van der Waals surface area contributed by atoms with Gasteiger partial charge in [0.05, 0.1) is 22.6 Å². The molecule has 1 aromatic heterocycles. The van der Waals surface area contributed by atoms with Crippen LogP contribution in [0.2, 0.25) is 0 Å². The Morgan fingerprint density at radius 2 is 2.04 bits per heavy atom. The molecule has 0 N–H and O–H groups in total. The van der Waals surface area contributed by atoms with Gasteiger partial charge < -0.3 is 9.64 Å². The maximum atomic E-state index is 12.9. The molecule has 28 heavy (non-hydrogen) atoms. The lowest BCUT2D eigenvalue weighted by Gasteiger charge is -2.23. The smallest absolute Gasteiger partial charge is 0.339 e. The Morgan fingerprint density at radius 3 is 2.79 bits per heavy atom. The van der Waals surface area contributed by atoms with E-state index in [1.165, 1.54) is 4.90 Å². The van der Waals surface area contributed by atoms with Gasteiger partial charge in [-0.2, -0.15) is 0 Å². The maximum absolute atomic E-state index is 12.9. The highest BCUT2D eigenvalue weighted by molar-refractivity contribution is 7.91. The van der Waals surface area contributed by atoms with E-state index in [2.05, 4.69) is 4.98 Å². The Bertz CT molecular complexity index is 1060. The quantitative estimate of drug-likeness (QED) is 0.720. The number of benzene rings is 1. The van der Waals surface area contributed by atoms with Crippen LogP contribution >= 0.6 is 0 Å². The lowest BCUT2D eigenvalue weighted by molar-refractivity contribution is -0.134. The Morgan fingerprint density at radius 1 is 1.25 bits per heavy atom. The Kier molecular flexibility index (Phi) is 4.82. The number of pyridine rings is 1. The summed E-state index contributed by atoms with van der Waals surface area (Å²) in [7, 11) is -1.53. The topological polar surface area (TPSA) is 93.6 Å². The van der Waals surface area contributed by atoms with Crippen molar-refractivity contribution in [2.24, 2.45) is 0 Å². The van der Waals surface area contributed by atoms with E-state index in [1.807, 2.05) is 24.3 Å². The number of sulfone groups is 1. The van der Waals surface area contributed by atoms with Gasteiger partial charge in [0.2, 0.25) is 0 Å². The van der Waals surface area contributed by atoms with Crippen molar-refractivity contribution in [3.05, 3.63) is 41.1 Å². The van der Waals surface area contributed by atoms with Crippen molar-refractivity contribution in [3.63, 3.8) is 0 Å². The summed E-state index contributed by atoms with van der Waals surface area (Å²) in [5, 5.41) is 0.732. The number of hydrogen-bond acceptors (Lipinski definition) is 6. The molecule has 2 aliphatic rings. The van der Waals surface area contributed by atoms with Gasteiger partial charge in [-0.15, -0.1) is 0 Å². The van der Waals surface area contributed by atoms with Crippen molar-refractivity contribution in [1.82, 2.24) is 9.88 Å². The zero-order valence-electron chi connectivity index (χ0n) is 15.7. The van der Waals surface area contributed by atoms with Gasteiger partial charge in [-0.05, 0) is 37.3 Å². The summed E-state index contributed by atoms with van der Waals surface area (Å²) in [6.45, 7) is -0.405. The van der Waals surface area contributed by atoms with Gasteiger partial charge in [0, 0.05) is 24.2 Å². The number of amides is 1. The second-order valence-corrected chi connectivity index (χ2v) is 9.65. The van der Waals surface area contributed by atoms with Crippen LogP contribution in [0.5, 0.6) is 0 Å². The fraction of sp³-hybridized carbons (Fsp3) is 0.450. The zero-order chi connectivity index (χ0) is 19.9. The van der Waals surface area contributed by atoms with Crippen LogP contribution in [0.15, 0.2) is 24.3 Å². The fourth-order valence-electron chi connectivity index (χ4n) is 4.03. The molecule has 1 fully saturated rings. The highest BCUT2D eigenvalue weighted by atomic mass is 32.2. The third-order valence-electron chi connectivity index (χ3n) is 5.60. The van der Waals surface area contributed by atoms with Gasteiger partial charge in [0.1, 0.15) is 0 Å². The third-order valence-corrected chi connectivity index (χ3v) is 7.35. The molecule has 1 aliphatic heterocycles. The van der Waals surface area contributed by atoms with Crippen molar-refractivity contribution in [3.8, 4) is 0 Å². The highest BCUT2D eigenvalue weighted by Crippen LogP contribution is 2.30. The Hall–Kier alpha value is -2.48. The average molecular weight is 402 g/mol. The molecule has 2 heterocycles. The Labute approximate surface area is 163 Å². The van der Waals surface area contributed by atoms with E-state index >= 15 is 0 Å². The maximum Gasteiger partial charge on any atom is 0.339 e. The number of fused-ring (bicyclic) bond motifs is 2. The number of carbonyl (C=O) groups is 2. The normalized spacial score (nSPS) is 20.1. The summed E-state index contributed by atoms with van der Waals surface area (Å²) in [6, 6.07) is 7.07. The Balaban J connectivity index is 1.51. The highest BCUT2D eigenvalue weighted by Gasteiger charge is 2.33. The van der Waals surface area contributed by atoms with Crippen LogP contribution in [0.3, 0.4) is 0 Å². The van der Waals surface area contributed by atoms with E-state index in [4.69, 9.17) is 4.74 Å². The van der Waals surface area contributed by atoms with Crippen LogP contribution in [-0.4, -0.2) is 61.4 Å². The van der Waals surface area contributed by atoms with Gasteiger partial charge >= 0.3 is 5.97 Å². The molecule has 0 unspecified atom stereocenters. The van der Waals surface area contributed by atoms with E-state index in [0.717, 1.165) is 41.4 Å². The number of rotatable bonds is 4. The number of hydrogen-bond donors (Lipinski definition) is 0. The number of para-hydroxylation sites is 1. The predicted octanol–water partition coefficient (Wildman–Crippen LogP) is 1.53. The largest absolute Gasteiger partial charge is 0.452 e. The van der Waals surface area contributed by atoms with Crippen LogP contribution in [0.1, 0.15) is 34.5 Å². The SMILES string of the molecule is CN(C(=O)COC(=O)c1c2c(nc3ccccc13)CCC2)[C@@H]1CCS(=O)(=O)C1. The number of aryl methyl sites for hydroxylation is 1. The van der Waals surface area contributed by atoms with E-state index in [1.54, 1.807) is 7.05 Å². The molecular weight excluding hydrogens is 380 g/mol. The number of nitrogens with zero attached hydrogens (tertiary/aromatic N) is 2. The van der Waals surface area contributed by atoms with E-state index in [0.29, 0.717) is 12.0 Å². The summed E-state index contributed by atoms with van der Waals surface area (Å²) >= 11 is 0. The number of esters is 1. The van der Waals surface area contributed by atoms with Crippen molar-refractivity contribution < 1.29 is 22.7 Å². The molecule has 2 aromatic rings. The number of ether oxygens (including phenoxy) is 1. The van der Waals surface area contributed by atoms with Crippen molar-refractivity contribution in [2.75, 3.05) is 25.2 Å². The first kappa shape index (κ1) is 18.9. The number of carbonyl (C=O) groups excluding carboxylic acids is 2. The number of likely N-dealkylation sites (N-methyl/N-ethyl adjacent to an activating group) is 1. The van der Waals surface area contributed by atoms with Crippen LogP contribution in [-0.2, 0) is 32.2 Å². The van der Waals surface area contributed by atoms with Crippen LogP contribution in [0.4, 0.5) is 0 Å². The van der Waals surface area contributed by atoms with Crippen LogP contribution in [0, 0.1) is 0 Å². The molecule has 7 nitrogen and oxygen atoms in total. The first-order valence-corrected chi connectivity index (χ1v) is 11.2. The standard InChI is InChI=1S/C20H22N2O5S/c1-22(13-9-10-28(25,26)12-13)18(23)11-27-20(24)19-14-5-2-3-7-16(14)21-17-8-4-6-15(17)19/h2-3,5,7,13H,4,6,8-12H2,1H3/t13-/m1/s1. The second-order valence-electron chi connectivity index (χ2n) is 7.42. The number of aromatic nitrogens is 1. The summed E-state index contributed by atoms with van der Waals surface area (Å²) in [4.78, 5) is 31.3. The lowest BCUT2D eigenvalue weighted by atomic mass is 10.0. The minimum atomic E-state index is -3.09. The molecule has 1 amide bonds. The van der Waals surface area contributed by atoms with E-state index in [9.17, 15) is 18.0 Å². The minimum absolute atomic E-state index is 0.0360. The van der Waals surface area contributed by atoms with E-state index in [-0.39, 0.29) is 17.5 Å². The fourth-order valence-corrected chi connectivity index (χ4v) is 5.80. The van der Waals surface area contributed by atoms with Gasteiger partial charge in [-0.25, -0.2) is 13.2 Å². The average Bonchev–Trinajstić information content (AvgIpc) is 3.28. The molecule has 0 spiro atoms. The van der Waals surface area contributed by atoms with Gasteiger partial charge in [0.25, 0.3) is 5.91 Å². The third kappa shape index (κ3) is 3.48. The summed E-state index contributed by atoms with van der Waals surface area (Å²) in [6.07, 6.45) is 2.96. The molecule has 0 bridgehead atoms. The first-order chi connectivity index (χ1) is 13.4. The summed E-state index contributed by atoms with van der Waals surface area (Å²) in [5.41, 5.74) is 3.07. The van der Waals surface area contributed by atoms with Gasteiger partial charge in [-0.3, -0.25) is 9.78 Å². The van der Waals surface area contributed by atoms with Crippen LogP contribution in [0.25, 0.3) is 10.9 Å². The molecule has 1 atom stereocenters. The molecule has 0 saturated carbocycles. The molecule has 148 valence electrons. The molecule has 1 saturated heterocycles. The van der Waals surface area contributed by atoms with E-state index < -0.39 is 28.3 Å². The molecule has 1 aromatic carbocycles. The van der Waals surface area contributed by atoms with Gasteiger partial charge in [-0.1, -0.05) is 18.2 Å². The van der Waals surface area contributed by atoms with Gasteiger partial charge in [0.15, 0.2) is 16.4 Å². The monoisotopic (exact) mass is 402 g/mol. The van der Waals surface area contributed by atoms with Crippen molar-refractivity contribution in [1.29, 1.82) is 0 Å². The molecule has 4 rings (SSSR count). The molecule has 1 aliphatic carbocycles. The first-order valence-electron chi connectivity index (χ1n) is 9.39. The zero-order valence-corrected chi connectivity index (χ0v) is 16.5. The van der Waals surface area contributed by atoms with Crippen molar-refractivity contribution in [2.45, 2.75) is 31.7 Å². The summed E-state index contributed by atoms with van der Waals surface area (Å²) < 4.78 is 28.6. The lowest BCUT2D eigenvalue weighted by Crippen LogP contribution is -2.40. The summed E-state index contributed by atoms with van der Waals surface area (Å²) in [5.74, 6) is -0.876. The molecular formula is C20H22N2O5S. The predicted molar refractivity (Wildman–Crippen MR) is 104 cm³/mol. The molecule has 0 radical (unpaired) electrons. The minimum Gasteiger partial charge on any atom is -0.452 e. The molecule has 8 heteroatoms. The van der Waals surface area contributed by atoms with Crippen LogP contribution < -0.4 is 0 Å². The van der Waals surface area contributed by atoms with Crippen molar-refractivity contribution >= 4 is 32.6 Å². The second kappa shape index (κ2) is 7.16.